The molecule has 1 saturated carbocycles. The van der Waals surface area contributed by atoms with Crippen molar-refractivity contribution in [3.05, 3.63) is 48.0 Å². The second kappa shape index (κ2) is 5.89. The van der Waals surface area contributed by atoms with Crippen LogP contribution in [0.2, 0.25) is 0 Å². The lowest BCUT2D eigenvalue weighted by molar-refractivity contribution is 0.0206. The molecular formula is C17H22O2. The molecule has 1 N–H and O–H groups in total. The summed E-state index contributed by atoms with van der Waals surface area (Å²) in [5, 5.41) is 10.2. The van der Waals surface area contributed by atoms with Crippen LogP contribution in [0.25, 0.3) is 0 Å². The van der Waals surface area contributed by atoms with Gasteiger partial charge in [0.1, 0.15) is 0 Å². The molecule has 0 amide bonds. The van der Waals surface area contributed by atoms with Gasteiger partial charge >= 0.3 is 0 Å². The minimum atomic E-state index is -0.175. The van der Waals surface area contributed by atoms with E-state index in [1.807, 2.05) is 18.2 Å². The summed E-state index contributed by atoms with van der Waals surface area (Å²) >= 11 is 0. The largest absolute Gasteiger partial charge is 0.393 e. The zero-order valence-electron chi connectivity index (χ0n) is 11.2. The highest BCUT2D eigenvalue weighted by Crippen LogP contribution is 2.43. The van der Waals surface area contributed by atoms with E-state index in [9.17, 15) is 5.11 Å². The van der Waals surface area contributed by atoms with E-state index >= 15 is 0 Å². The highest BCUT2D eigenvalue weighted by atomic mass is 16.5. The van der Waals surface area contributed by atoms with Crippen molar-refractivity contribution >= 4 is 0 Å². The zero-order chi connectivity index (χ0) is 13.1. The molecule has 2 heteroatoms. The zero-order valence-corrected chi connectivity index (χ0v) is 11.2. The van der Waals surface area contributed by atoms with Gasteiger partial charge in [0.15, 0.2) is 0 Å². The van der Waals surface area contributed by atoms with Crippen LogP contribution in [0.5, 0.6) is 0 Å². The van der Waals surface area contributed by atoms with E-state index in [1.54, 1.807) is 0 Å². The molecule has 1 aromatic rings. The van der Waals surface area contributed by atoms with E-state index in [4.69, 9.17) is 4.74 Å². The Kier molecular flexibility index (Phi) is 4.00. The number of aliphatic hydroxyl groups is 1. The van der Waals surface area contributed by atoms with Crippen LogP contribution >= 0.6 is 0 Å². The van der Waals surface area contributed by atoms with Gasteiger partial charge in [-0.15, -0.1) is 0 Å². The maximum atomic E-state index is 10.2. The Morgan fingerprint density at radius 1 is 1.11 bits per heavy atom. The summed E-state index contributed by atoms with van der Waals surface area (Å²) < 4.78 is 5.84. The Morgan fingerprint density at radius 3 is 2.74 bits per heavy atom. The molecule has 102 valence electrons. The Labute approximate surface area is 115 Å². The van der Waals surface area contributed by atoms with E-state index in [0.29, 0.717) is 31.0 Å². The Balaban J connectivity index is 1.53. The molecule has 0 unspecified atom stereocenters. The van der Waals surface area contributed by atoms with Gasteiger partial charge in [0.2, 0.25) is 0 Å². The predicted octanol–water partition coefficient (Wildman–Crippen LogP) is 3.17. The second-order valence-corrected chi connectivity index (χ2v) is 5.83. The quantitative estimate of drug-likeness (QED) is 0.841. The molecule has 4 atom stereocenters. The summed E-state index contributed by atoms with van der Waals surface area (Å²) in [7, 11) is 0. The van der Waals surface area contributed by atoms with Gasteiger partial charge in [0.05, 0.1) is 19.3 Å². The van der Waals surface area contributed by atoms with Crippen molar-refractivity contribution in [2.24, 2.45) is 17.8 Å². The van der Waals surface area contributed by atoms with Crippen molar-refractivity contribution in [2.45, 2.75) is 32.0 Å². The first-order valence-corrected chi connectivity index (χ1v) is 7.29. The standard InChI is InChI=1S/C17H22O2/c18-17-10-14-8-4-5-9-15(14)16(17)12-19-11-13-6-2-1-3-7-13/h1-7,14-18H,8-12H2/t14-,15+,16-,17+/m0/s1. The van der Waals surface area contributed by atoms with E-state index in [2.05, 4.69) is 24.3 Å². The molecule has 1 aromatic carbocycles. The molecule has 0 bridgehead atoms. The highest BCUT2D eigenvalue weighted by molar-refractivity contribution is 5.13. The van der Waals surface area contributed by atoms with Crippen molar-refractivity contribution in [1.29, 1.82) is 0 Å². The number of rotatable bonds is 4. The molecule has 0 spiro atoms. The summed E-state index contributed by atoms with van der Waals surface area (Å²) in [5.74, 6) is 1.61. The Morgan fingerprint density at radius 2 is 1.89 bits per heavy atom. The molecular weight excluding hydrogens is 236 g/mol. The SMILES string of the molecule is O[C@@H]1C[C@@H]2CC=CC[C@H]2[C@@H]1COCc1ccccc1. The average molecular weight is 258 g/mol. The van der Waals surface area contributed by atoms with Crippen LogP contribution in [0, 0.1) is 17.8 Å². The fourth-order valence-corrected chi connectivity index (χ4v) is 3.58. The van der Waals surface area contributed by atoms with Gasteiger partial charge < -0.3 is 9.84 Å². The number of fused-ring (bicyclic) bond motifs is 1. The summed E-state index contributed by atoms with van der Waals surface area (Å²) in [6.07, 6.45) is 7.56. The minimum Gasteiger partial charge on any atom is -0.393 e. The van der Waals surface area contributed by atoms with Crippen molar-refractivity contribution in [1.82, 2.24) is 0 Å². The number of hydrogen-bond donors (Lipinski definition) is 1. The lowest BCUT2D eigenvalue weighted by atomic mass is 9.82. The highest BCUT2D eigenvalue weighted by Gasteiger charge is 2.42. The monoisotopic (exact) mass is 258 g/mol. The molecule has 19 heavy (non-hydrogen) atoms. The third-order valence-electron chi connectivity index (χ3n) is 4.63. The van der Waals surface area contributed by atoms with Gasteiger partial charge in [0, 0.05) is 5.92 Å². The van der Waals surface area contributed by atoms with Crippen LogP contribution in [-0.4, -0.2) is 17.8 Å². The number of aliphatic hydroxyl groups excluding tert-OH is 1. The normalized spacial score (nSPS) is 33.3. The first-order valence-electron chi connectivity index (χ1n) is 7.29. The number of allylic oxidation sites excluding steroid dienone is 2. The molecule has 0 heterocycles. The lowest BCUT2D eigenvalue weighted by Gasteiger charge is -2.26. The summed E-state index contributed by atoms with van der Waals surface area (Å²) in [6.45, 7) is 1.34. The van der Waals surface area contributed by atoms with Crippen LogP contribution in [-0.2, 0) is 11.3 Å². The lowest BCUT2D eigenvalue weighted by Crippen LogP contribution is -2.26. The third kappa shape index (κ3) is 2.90. The maximum absolute atomic E-state index is 10.2. The van der Waals surface area contributed by atoms with Gasteiger partial charge in [-0.25, -0.2) is 0 Å². The molecule has 2 nitrogen and oxygen atoms in total. The van der Waals surface area contributed by atoms with Gasteiger partial charge in [-0.05, 0) is 36.7 Å². The fourth-order valence-electron chi connectivity index (χ4n) is 3.58. The summed E-state index contributed by atoms with van der Waals surface area (Å²) in [5.41, 5.74) is 1.20. The van der Waals surface area contributed by atoms with Crippen LogP contribution in [0.15, 0.2) is 42.5 Å². The smallest absolute Gasteiger partial charge is 0.0717 e. The number of benzene rings is 1. The topological polar surface area (TPSA) is 29.5 Å². The molecule has 1 fully saturated rings. The molecule has 2 aliphatic carbocycles. The molecule has 2 aliphatic rings. The average Bonchev–Trinajstić information content (AvgIpc) is 2.76. The van der Waals surface area contributed by atoms with E-state index in [1.165, 1.54) is 5.56 Å². The second-order valence-electron chi connectivity index (χ2n) is 5.83. The van der Waals surface area contributed by atoms with Crippen LogP contribution in [0.4, 0.5) is 0 Å². The first-order chi connectivity index (χ1) is 9.34. The van der Waals surface area contributed by atoms with Gasteiger partial charge in [-0.2, -0.15) is 0 Å². The van der Waals surface area contributed by atoms with Crippen molar-refractivity contribution in [3.63, 3.8) is 0 Å². The van der Waals surface area contributed by atoms with Gasteiger partial charge in [-0.3, -0.25) is 0 Å². The van der Waals surface area contributed by atoms with E-state index < -0.39 is 0 Å². The van der Waals surface area contributed by atoms with Gasteiger partial charge in [-0.1, -0.05) is 42.5 Å². The van der Waals surface area contributed by atoms with Crippen molar-refractivity contribution in [3.8, 4) is 0 Å². The maximum Gasteiger partial charge on any atom is 0.0717 e. The van der Waals surface area contributed by atoms with E-state index in [-0.39, 0.29) is 6.10 Å². The molecule has 0 aliphatic heterocycles. The summed E-state index contributed by atoms with van der Waals surface area (Å²) in [4.78, 5) is 0. The van der Waals surface area contributed by atoms with E-state index in [0.717, 1.165) is 19.3 Å². The number of ether oxygens (including phenoxy) is 1. The Bertz CT molecular complexity index is 426. The molecule has 0 radical (unpaired) electrons. The summed E-state index contributed by atoms with van der Waals surface area (Å²) in [6, 6.07) is 10.2. The first kappa shape index (κ1) is 12.9. The minimum absolute atomic E-state index is 0.175. The van der Waals surface area contributed by atoms with Crippen LogP contribution in [0.3, 0.4) is 0 Å². The molecule has 0 saturated heterocycles. The predicted molar refractivity (Wildman–Crippen MR) is 75.6 cm³/mol. The number of hydrogen-bond acceptors (Lipinski definition) is 2. The Hall–Kier alpha value is -1.12. The molecule has 3 rings (SSSR count). The van der Waals surface area contributed by atoms with Gasteiger partial charge in [0.25, 0.3) is 0 Å². The fraction of sp³-hybridized carbons (Fsp3) is 0.529. The third-order valence-corrected chi connectivity index (χ3v) is 4.63. The van der Waals surface area contributed by atoms with Crippen molar-refractivity contribution < 1.29 is 9.84 Å². The van der Waals surface area contributed by atoms with Crippen molar-refractivity contribution in [2.75, 3.05) is 6.61 Å². The van der Waals surface area contributed by atoms with Crippen LogP contribution in [0.1, 0.15) is 24.8 Å². The molecule has 0 aromatic heterocycles. The van der Waals surface area contributed by atoms with Crippen LogP contribution < -0.4 is 0 Å².